The van der Waals surface area contributed by atoms with Gasteiger partial charge >= 0.3 is 0 Å². The van der Waals surface area contributed by atoms with Crippen molar-refractivity contribution < 1.29 is 4.92 Å². The normalized spacial score (nSPS) is 16.8. The molecular weight excluding hydrogens is 256 g/mol. The summed E-state index contributed by atoms with van der Waals surface area (Å²) in [4.78, 5) is 14.8. The van der Waals surface area contributed by atoms with Crippen LogP contribution in [0.3, 0.4) is 0 Å². The van der Waals surface area contributed by atoms with Crippen LogP contribution in [0.4, 0.5) is 17.1 Å². The number of nitro groups is 1. The molecule has 0 amide bonds. The van der Waals surface area contributed by atoms with Gasteiger partial charge in [0.05, 0.1) is 4.92 Å². The number of nitro benzene ring substituents is 1. The second-order valence-electron chi connectivity index (χ2n) is 5.87. The Morgan fingerprint density at radius 1 is 1.30 bits per heavy atom. The van der Waals surface area contributed by atoms with Gasteiger partial charge in [0.15, 0.2) is 0 Å². The quantitative estimate of drug-likeness (QED) is 0.507. The number of anilines is 2. The van der Waals surface area contributed by atoms with Crippen molar-refractivity contribution in [1.82, 2.24) is 4.90 Å². The summed E-state index contributed by atoms with van der Waals surface area (Å²) in [7, 11) is 6.14. The Hall–Kier alpha value is -1.82. The van der Waals surface area contributed by atoms with Crippen LogP contribution in [0.15, 0.2) is 18.2 Å². The molecule has 0 radical (unpaired) electrons. The maximum Gasteiger partial charge on any atom is 0.273 e. The van der Waals surface area contributed by atoms with Gasteiger partial charge in [0.1, 0.15) is 0 Å². The van der Waals surface area contributed by atoms with E-state index in [1.54, 1.807) is 12.1 Å². The molecule has 0 aromatic heterocycles. The smallest absolute Gasteiger partial charge is 0.273 e. The maximum absolute atomic E-state index is 10.9. The van der Waals surface area contributed by atoms with Gasteiger partial charge in [-0.1, -0.05) is 0 Å². The Balaban J connectivity index is 2.21. The fraction of sp³-hybridized carbons (Fsp3) is 0.571. The minimum atomic E-state index is -0.404. The van der Waals surface area contributed by atoms with E-state index in [0.717, 1.165) is 25.1 Å². The van der Waals surface area contributed by atoms with Crippen LogP contribution in [-0.4, -0.2) is 43.0 Å². The molecule has 0 spiro atoms. The standard InChI is InChI=1S/C14H22N4O2/c1-16(2)14(5-4-6-14)10-17(3)12-7-11(15)8-13(9-12)18(19)20/h7-9H,4-6,10,15H2,1-3H3. The van der Waals surface area contributed by atoms with Crippen molar-refractivity contribution in [2.75, 3.05) is 38.3 Å². The first-order valence-corrected chi connectivity index (χ1v) is 6.78. The van der Waals surface area contributed by atoms with Crippen LogP contribution in [0.1, 0.15) is 19.3 Å². The Kier molecular flexibility index (Phi) is 3.85. The average molecular weight is 278 g/mol. The summed E-state index contributed by atoms with van der Waals surface area (Å²) in [5.74, 6) is 0. The van der Waals surface area contributed by atoms with Crippen molar-refractivity contribution in [3.63, 3.8) is 0 Å². The third-order valence-electron chi connectivity index (χ3n) is 4.34. The predicted octanol–water partition coefficient (Wildman–Crippen LogP) is 2.10. The zero-order chi connectivity index (χ0) is 14.9. The third kappa shape index (κ3) is 2.70. The Morgan fingerprint density at radius 2 is 1.95 bits per heavy atom. The molecule has 0 heterocycles. The van der Waals surface area contributed by atoms with E-state index < -0.39 is 4.92 Å². The van der Waals surface area contributed by atoms with E-state index in [9.17, 15) is 10.1 Å². The number of nitrogens with two attached hydrogens (primary N) is 1. The van der Waals surface area contributed by atoms with E-state index in [-0.39, 0.29) is 11.2 Å². The van der Waals surface area contributed by atoms with Gasteiger partial charge in [0.2, 0.25) is 0 Å². The second kappa shape index (κ2) is 5.28. The molecule has 20 heavy (non-hydrogen) atoms. The molecule has 0 saturated heterocycles. The number of nitrogen functional groups attached to an aromatic ring is 1. The topological polar surface area (TPSA) is 75.6 Å². The first-order valence-electron chi connectivity index (χ1n) is 6.78. The number of rotatable bonds is 5. The number of nitrogens with zero attached hydrogens (tertiary/aromatic N) is 3. The van der Waals surface area contributed by atoms with E-state index in [4.69, 9.17) is 5.73 Å². The maximum atomic E-state index is 10.9. The van der Waals surface area contributed by atoms with Gasteiger partial charge in [-0.05, 0) is 39.4 Å². The van der Waals surface area contributed by atoms with Crippen molar-refractivity contribution >= 4 is 17.1 Å². The lowest BCUT2D eigenvalue weighted by atomic mass is 9.75. The highest BCUT2D eigenvalue weighted by molar-refractivity contribution is 5.62. The molecule has 0 bridgehead atoms. The van der Waals surface area contributed by atoms with Gasteiger partial charge in [0.25, 0.3) is 5.69 Å². The fourth-order valence-electron chi connectivity index (χ4n) is 2.81. The highest BCUT2D eigenvalue weighted by atomic mass is 16.6. The Bertz CT molecular complexity index is 512. The Morgan fingerprint density at radius 3 is 2.40 bits per heavy atom. The molecular formula is C14H22N4O2. The molecule has 1 aromatic carbocycles. The number of hydrogen-bond acceptors (Lipinski definition) is 5. The van der Waals surface area contributed by atoms with Gasteiger partial charge in [-0.25, -0.2) is 0 Å². The summed E-state index contributed by atoms with van der Waals surface area (Å²) in [5, 5.41) is 10.9. The van der Waals surface area contributed by atoms with Crippen molar-refractivity contribution in [1.29, 1.82) is 0 Å². The van der Waals surface area contributed by atoms with E-state index in [1.165, 1.54) is 12.5 Å². The average Bonchev–Trinajstić information content (AvgIpc) is 2.32. The lowest BCUT2D eigenvalue weighted by Gasteiger charge is -2.49. The summed E-state index contributed by atoms with van der Waals surface area (Å²) in [6.07, 6.45) is 3.56. The second-order valence-corrected chi connectivity index (χ2v) is 5.87. The van der Waals surface area contributed by atoms with Crippen molar-refractivity contribution in [3.05, 3.63) is 28.3 Å². The van der Waals surface area contributed by atoms with E-state index >= 15 is 0 Å². The van der Waals surface area contributed by atoms with Crippen molar-refractivity contribution in [2.45, 2.75) is 24.8 Å². The SMILES string of the molecule is CN(CC1(N(C)C)CCC1)c1cc(N)cc([N+](=O)[O-])c1. The van der Waals surface area contributed by atoms with Gasteiger partial charge in [0, 0.05) is 42.6 Å². The van der Waals surface area contributed by atoms with Gasteiger partial charge in [-0.2, -0.15) is 0 Å². The van der Waals surface area contributed by atoms with Crippen LogP contribution in [-0.2, 0) is 0 Å². The van der Waals surface area contributed by atoms with E-state index in [2.05, 4.69) is 23.9 Å². The molecule has 0 atom stereocenters. The summed E-state index contributed by atoms with van der Waals surface area (Å²) >= 11 is 0. The molecule has 6 nitrogen and oxygen atoms in total. The van der Waals surface area contributed by atoms with Crippen LogP contribution in [0.5, 0.6) is 0 Å². The monoisotopic (exact) mass is 278 g/mol. The fourth-order valence-corrected chi connectivity index (χ4v) is 2.81. The molecule has 2 rings (SSSR count). The highest BCUT2D eigenvalue weighted by Crippen LogP contribution is 2.38. The largest absolute Gasteiger partial charge is 0.398 e. The number of benzene rings is 1. The van der Waals surface area contributed by atoms with Crippen LogP contribution >= 0.6 is 0 Å². The molecule has 1 aromatic rings. The first kappa shape index (κ1) is 14.6. The van der Waals surface area contributed by atoms with Gasteiger partial charge < -0.3 is 15.5 Å². The van der Waals surface area contributed by atoms with Crippen molar-refractivity contribution in [3.8, 4) is 0 Å². The summed E-state index contributed by atoms with van der Waals surface area (Å²) < 4.78 is 0. The molecule has 2 N–H and O–H groups in total. The molecule has 110 valence electrons. The minimum Gasteiger partial charge on any atom is -0.398 e. The summed E-state index contributed by atoms with van der Waals surface area (Å²) in [6.45, 7) is 0.848. The van der Waals surface area contributed by atoms with Crippen LogP contribution in [0.25, 0.3) is 0 Å². The number of non-ortho nitro benzene ring substituents is 1. The lowest BCUT2D eigenvalue weighted by Crippen LogP contribution is -2.56. The third-order valence-corrected chi connectivity index (χ3v) is 4.34. The molecule has 1 saturated carbocycles. The molecule has 6 heteroatoms. The van der Waals surface area contributed by atoms with Crippen LogP contribution in [0, 0.1) is 10.1 Å². The molecule has 1 aliphatic carbocycles. The summed E-state index contributed by atoms with van der Waals surface area (Å²) in [5.41, 5.74) is 7.20. The predicted molar refractivity (Wildman–Crippen MR) is 81.0 cm³/mol. The van der Waals surface area contributed by atoms with Gasteiger partial charge in [-0.3, -0.25) is 10.1 Å². The van der Waals surface area contributed by atoms with Crippen LogP contribution in [0.2, 0.25) is 0 Å². The van der Waals surface area contributed by atoms with Crippen molar-refractivity contribution in [2.24, 2.45) is 0 Å². The Labute approximate surface area is 119 Å². The number of likely N-dealkylation sites (N-methyl/N-ethyl adjacent to an activating group) is 2. The van der Waals surface area contributed by atoms with E-state index in [0.29, 0.717) is 5.69 Å². The minimum absolute atomic E-state index is 0.0411. The summed E-state index contributed by atoms with van der Waals surface area (Å²) in [6, 6.07) is 4.76. The molecule has 1 aliphatic rings. The number of hydrogen-bond donors (Lipinski definition) is 1. The molecule has 1 fully saturated rings. The highest BCUT2D eigenvalue weighted by Gasteiger charge is 2.40. The zero-order valence-corrected chi connectivity index (χ0v) is 12.3. The first-order chi connectivity index (χ1) is 9.34. The van der Waals surface area contributed by atoms with Gasteiger partial charge in [-0.15, -0.1) is 0 Å². The van der Waals surface area contributed by atoms with Crippen LogP contribution < -0.4 is 10.6 Å². The molecule has 0 unspecified atom stereocenters. The zero-order valence-electron chi connectivity index (χ0n) is 12.3. The van der Waals surface area contributed by atoms with E-state index in [1.807, 2.05) is 7.05 Å². The lowest BCUT2D eigenvalue weighted by molar-refractivity contribution is -0.384. The molecule has 0 aliphatic heterocycles.